The van der Waals surface area contributed by atoms with E-state index < -0.39 is 33.6 Å². The fourth-order valence-corrected chi connectivity index (χ4v) is 29.8. The van der Waals surface area contributed by atoms with Crippen LogP contribution < -0.4 is 29.0 Å². The van der Waals surface area contributed by atoms with E-state index in [0.717, 1.165) is 0 Å². The van der Waals surface area contributed by atoms with Crippen LogP contribution in [0.1, 0.15) is 0 Å². The van der Waals surface area contributed by atoms with Gasteiger partial charge in [0, 0.05) is 0 Å². The van der Waals surface area contributed by atoms with Crippen LogP contribution in [0, 0.1) is 0 Å². The van der Waals surface area contributed by atoms with Crippen LogP contribution in [0.25, 0.3) is 0 Å². The summed E-state index contributed by atoms with van der Waals surface area (Å²) < 4.78 is 16.4. The maximum atomic E-state index is 4.21. The second kappa shape index (κ2) is 7.80. The van der Waals surface area contributed by atoms with Crippen LogP contribution in [0.15, 0.2) is 85.2 Å². The summed E-state index contributed by atoms with van der Waals surface area (Å²) in [7, 11) is -8.70. The maximum Gasteiger partial charge on any atom is 0.220 e. The van der Waals surface area contributed by atoms with Gasteiger partial charge >= 0.3 is 0 Å². The lowest BCUT2D eigenvalue weighted by Gasteiger charge is -2.51. The van der Waals surface area contributed by atoms with E-state index in [1.54, 1.807) is 0 Å². The highest BCUT2D eigenvalue weighted by molar-refractivity contribution is 7.13. The molecule has 0 aliphatic carbocycles. The van der Waals surface area contributed by atoms with Gasteiger partial charge in [-0.2, -0.15) is 0 Å². The Bertz CT molecular complexity index is 782. The molecule has 2 aromatic carbocycles. The third-order valence-corrected chi connectivity index (χ3v) is 26.5. The Morgan fingerprint density at radius 3 is 1.25 bits per heavy atom. The van der Waals surface area contributed by atoms with Gasteiger partial charge in [0.15, 0.2) is 0 Å². The molecule has 0 radical (unpaired) electrons. The lowest BCUT2D eigenvalue weighted by atomic mass is 10.4. The van der Waals surface area contributed by atoms with Crippen molar-refractivity contribution in [1.29, 1.82) is 0 Å². The molecule has 0 aromatic heterocycles. The molecule has 1 heterocycles. The summed E-state index contributed by atoms with van der Waals surface area (Å²) in [6, 6.07) is 21.7. The molecule has 1 saturated heterocycles. The van der Waals surface area contributed by atoms with Gasteiger partial charge in [0.25, 0.3) is 0 Å². The fraction of sp³-hybridized carbons (Fsp3) is 0.200. The summed E-state index contributed by atoms with van der Waals surface area (Å²) in [6.07, 6.45) is 0. The van der Waals surface area contributed by atoms with Crippen molar-refractivity contribution in [2.75, 3.05) is 0 Å². The summed E-state index contributed by atoms with van der Waals surface area (Å²) in [5.41, 5.74) is 4.23. The molecule has 0 spiro atoms. The molecule has 4 nitrogen and oxygen atoms in total. The Balaban J connectivity index is 2.17. The molecular weight excluding hydrogens is 409 g/mol. The molecule has 0 unspecified atom stereocenters. The largest absolute Gasteiger partial charge is 0.330 e. The van der Waals surface area contributed by atoms with Crippen molar-refractivity contribution in [3.8, 4) is 0 Å². The van der Waals surface area contributed by atoms with E-state index in [0.29, 0.717) is 0 Å². The second-order valence-corrected chi connectivity index (χ2v) is 23.6. The van der Waals surface area contributed by atoms with E-state index in [1.807, 2.05) is 0 Å². The van der Waals surface area contributed by atoms with Crippen LogP contribution >= 0.6 is 0 Å². The van der Waals surface area contributed by atoms with Gasteiger partial charge in [-0.25, -0.2) is 0 Å². The summed E-state index contributed by atoms with van der Waals surface area (Å²) >= 11 is 0. The van der Waals surface area contributed by atoms with Crippen molar-refractivity contribution in [2.24, 2.45) is 0 Å². The standard InChI is InChI=1S/C20H32N4Si4/c1-7-25(3)21-26(4,8-2)23-28(6,20-17-13-10-14-18-20)24-27(5,22-25)19-15-11-9-12-16-19/h7-18,21-24H,1-2H2,3-6H3/t25-,26-,27+,28+/m0/s1. The zero-order valence-electron chi connectivity index (χ0n) is 17.3. The van der Waals surface area contributed by atoms with E-state index in [9.17, 15) is 0 Å². The molecule has 0 amide bonds. The zero-order valence-corrected chi connectivity index (χ0v) is 21.3. The molecule has 1 fully saturated rings. The van der Waals surface area contributed by atoms with E-state index in [1.165, 1.54) is 10.4 Å². The van der Waals surface area contributed by atoms with E-state index in [4.69, 9.17) is 0 Å². The van der Waals surface area contributed by atoms with Crippen molar-refractivity contribution in [2.45, 2.75) is 26.2 Å². The predicted molar refractivity (Wildman–Crippen MR) is 132 cm³/mol. The van der Waals surface area contributed by atoms with Crippen LogP contribution in [-0.2, 0) is 0 Å². The lowest BCUT2D eigenvalue weighted by Crippen LogP contribution is -2.93. The number of hydrogen-bond acceptors (Lipinski definition) is 4. The molecule has 4 N–H and O–H groups in total. The average Bonchev–Trinajstić information content (AvgIpc) is 2.68. The minimum atomic E-state index is -2.23. The summed E-state index contributed by atoms with van der Waals surface area (Å²) in [5, 5.41) is 2.72. The first-order valence-electron chi connectivity index (χ1n) is 9.72. The normalized spacial score (nSPS) is 36.1. The van der Waals surface area contributed by atoms with Crippen molar-refractivity contribution in [3.05, 3.63) is 85.2 Å². The Morgan fingerprint density at radius 1 is 0.571 bits per heavy atom. The molecule has 4 atom stereocenters. The highest BCUT2D eigenvalue weighted by Gasteiger charge is 2.51. The fourth-order valence-electron chi connectivity index (χ4n) is 4.24. The molecule has 3 rings (SSSR count). The quantitative estimate of drug-likeness (QED) is 0.549. The molecule has 0 saturated carbocycles. The smallest absolute Gasteiger partial charge is 0.220 e. The van der Waals surface area contributed by atoms with Gasteiger partial charge in [-0.3, -0.25) is 0 Å². The van der Waals surface area contributed by atoms with E-state index in [2.05, 4.69) is 130 Å². The molecule has 8 heteroatoms. The van der Waals surface area contributed by atoms with Crippen LogP contribution in [0.5, 0.6) is 0 Å². The molecule has 148 valence electrons. The van der Waals surface area contributed by atoms with E-state index in [-0.39, 0.29) is 0 Å². The molecule has 1 aliphatic rings. The minimum Gasteiger partial charge on any atom is -0.330 e. The van der Waals surface area contributed by atoms with Crippen LogP contribution in [0.4, 0.5) is 0 Å². The second-order valence-electron chi connectivity index (χ2n) is 8.29. The number of rotatable bonds is 4. The third kappa shape index (κ3) is 4.29. The number of hydrogen-bond donors (Lipinski definition) is 4. The van der Waals surface area contributed by atoms with Crippen LogP contribution in [0.3, 0.4) is 0 Å². The van der Waals surface area contributed by atoms with Gasteiger partial charge in [-0.05, 0) is 36.6 Å². The topological polar surface area (TPSA) is 48.1 Å². The van der Waals surface area contributed by atoms with Crippen molar-refractivity contribution in [1.82, 2.24) is 18.6 Å². The molecule has 2 aromatic rings. The van der Waals surface area contributed by atoms with E-state index >= 15 is 0 Å². The first kappa shape index (κ1) is 21.3. The van der Waals surface area contributed by atoms with Gasteiger partial charge in [0.1, 0.15) is 0 Å². The zero-order chi connectivity index (χ0) is 20.5. The molecule has 28 heavy (non-hydrogen) atoms. The summed E-state index contributed by atoms with van der Waals surface area (Å²) in [6.45, 7) is 17.7. The monoisotopic (exact) mass is 440 g/mol. The summed E-state index contributed by atoms with van der Waals surface area (Å²) in [4.78, 5) is 0. The first-order valence-corrected chi connectivity index (χ1v) is 19.9. The van der Waals surface area contributed by atoms with Gasteiger partial charge in [-0.1, -0.05) is 72.1 Å². The van der Waals surface area contributed by atoms with Gasteiger partial charge in [0.2, 0.25) is 33.6 Å². The number of benzene rings is 2. The Hall–Kier alpha value is -1.37. The Labute approximate surface area is 173 Å². The molecular formula is C20H32N4Si4. The summed E-state index contributed by atoms with van der Waals surface area (Å²) in [5.74, 6) is 0. The van der Waals surface area contributed by atoms with Crippen molar-refractivity contribution >= 4 is 44.0 Å². The van der Waals surface area contributed by atoms with Gasteiger partial charge in [0.05, 0.1) is 0 Å². The predicted octanol–water partition coefficient (Wildman–Crippen LogP) is 1.91. The Morgan fingerprint density at radius 2 is 0.929 bits per heavy atom. The first-order chi connectivity index (χ1) is 13.2. The minimum absolute atomic E-state index is 1.36. The van der Waals surface area contributed by atoms with Gasteiger partial charge < -0.3 is 18.6 Å². The number of nitrogens with one attached hydrogen (secondary N) is 4. The molecule has 1 aliphatic heterocycles. The average molecular weight is 441 g/mol. The van der Waals surface area contributed by atoms with Gasteiger partial charge in [-0.15, -0.1) is 13.2 Å². The highest BCUT2D eigenvalue weighted by Crippen LogP contribution is 2.15. The van der Waals surface area contributed by atoms with Crippen LogP contribution in [0.2, 0.25) is 26.2 Å². The highest BCUT2D eigenvalue weighted by atomic mass is 28.5. The van der Waals surface area contributed by atoms with Crippen molar-refractivity contribution in [3.63, 3.8) is 0 Å². The third-order valence-electron chi connectivity index (χ3n) is 5.56. The molecule has 0 bridgehead atoms. The SMILES string of the molecule is C=C[Si@@]1(C)N[Si@](C)(C=C)N[Si@@](C)(c2ccccc2)N[Si@](C)(c2ccccc2)N1. The lowest BCUT2D eigenvalue weighted by molar-refractivity contribution is 1.07. The maximum absolute atomic E-state index is 4.21. The van der Waals surface area contributed by atoms with Crippen LogP contribution in [-0.4, -0.2) is 33.6 Å². The Kier molecular flexibility index (Phi) is 5.95. The van der Waals surface area contributed by atoms with Crippen molar-refractivity contribution < 1.29 is 0 Å².